The van der Waals surface area contributed by atoms with Crippen molar-refractivity contribution in [3.05, 3.63) is 12.2 Å². The second-order valence-electron chi connectivity index (χ2n) is 17.4. The molecule has 7 N–H and O–H groups in total. The lowest BCUT2D eigenvalue weighted by atomic mass is 9.57. The number of esters is 1. The van der Waals surface area contributed by atoms with Crippen LogP contribution in [0.5, 0.6) is 0 Å². The molecule has 0 aliphatic carbocycles. The fraction of sp³-hybridized carbons (Fsp3) is 0.921. The highest BCUT2D eigenvalue weighted by Gasteiger charge is 2.61. The SMILES string of the molecule is C=C1C(=O)O[C@H](CC)[C@@](C)(O)[C@H](O)[C@@H](C)NC[C@H](C)C[C@@](C)(O)[C@@H]2O[C@@H]3OC(C)(CC[C@H]3O)C(C)[C@]3(C)C[C@@](C)(O[C@@H](C)C3C[OH2+])O[C@H]1[C@@H]2C. The number of hydrogen-bond acceptors (Lipinski definition) is 11. The second-order valence-corrected chi connectivity index (χ2v) is 17.4. The second kappa shape index (κ2) is 14.9. The monoisotopic (exact) mass is 714 g/mol. The normalized spacial score (nSPS) is 53.2. The van der Waals surface area contributed by atoms with Crippen LogP contribution in [0.2, 0.25) is 0 Å². The van der Waals surface area contributed by atoms with Gasteiger partial charge in [-0.1, -0.05) is 41.2 Å². The molecular formula is C38H68NO11+. The summed E-state index contributed by atoms with van der Waals surface area (Å²) >= 11 is 0. The van der Waals surface area contributed by atoms with Crippen molar-refractivity contribution in [2.45, 2.75) is 180 Å². The molecule has 17 atom stereocenters. The fourth-order valence-corrected chi connectivity index (χ4v) is 9.86. The molecular weight excluding hydrogens is 646 g/mol. The smallest absolute Gasteiger partial charge is 0.336 e. The summed E-state index contributed by atoms with van der Waals surface area (Å²) in [5.74, 6) is -3.32. The number of carbonyl (C=O) groups is 1. The van der Waals surface area contributed by atoms with Gasteiger partial charge in [0.2, 0.25) is 0 Å². The maximum atomic E-state index is 14.1. The first-order valence-electron chi connectivity index (χ1n) is 18.7. The lowest BCUT2D eigenvalue weighted by molar-refractivity contribution is -0.366. The van der Waals surface area contributed by atoms with E-state index in [1.807, 2.05) is 34.6 Å². The third-order valence-electron chi connectivity index (χ3n) is 13.0. The largest absolute Gasteiger partial charge is 0.456 e. The van der Waals surface area contributed by atoms with Gasteiger partial charge in [0.05, 0.1) is 41.0 Å². The molecule has 4 fully saturated rings. The zero-order chi connectivity index (χ0) is 37.8. The van der Waals surface area contributed by atoms with Crippen LogP contribution in [0, 0.1) is 29.1 Å². The molecule has 12 nitrogen and oxygen atoms in total. The van der Waals surface area contributed by atoms with Crippen molar-refractivity contribution < 1.29 is 54.0 Å². The number of carbonyl (C=O) groups excluding carboxylic acids is 1. The van der Waals surface area contributed by atoms with Gasteiger partial charge in [0.15, 0.2) is 12.1 Å². The van der Waals surface area contributed by atoms with Gasteiger partial charge < -0.3 is 54.5 Å². The molecule has 4 rings (SSSR count). The van der Waals surface area contributed by atoms with Crippen molar-refractivity contribution >= 4 is 5.97 Å². The van der Waals surface area contributed by atoms with Crippen LogP contribution >= 0.6 is 0 Å². The van der Waals surface area contributed by atoms with E-state index in [0.717, 1.165) is 0 Å². The van der Waals surface area contributed by atoms with Crippen molar-refractivity contribution in [3.8, 4) is 0 Å². The Morgan fingerprint density at radius 1 is 1.00 bits per heavy atom. The van der Waals surface area contributed by atoms with Gasteiger partial charge in [-0.25, -0.2) is 4.79 Å². The highest BCUT2D eigenvalue weighted by Crippen LogP contribution is 2.56. The molecule has 0 aromatic heterocycles. The van der Waals surface area contributed by atoms with E-state index in [-0.39, 0.29) is 48.9 Å². The van der Waals surface area contributed by atoms with E-state index in [2.05, 4.69) is 25.7 Å². The molecule has 0 saturated carbocycles. The van der Waals surface area contributed by atoms with Gasteiger partial charge in [-0.2, -0.15) is 0 Å². The highest BCUT2D eigenvalue weighted by atomic mass is 16.7. The maximum absolute atomic E-state index is 14.1. The molecule has 4 heterocycles. The molecule has 0 aromatic rings. The lowest BCUT2D eigenvalue weighted by Gasteiger charge is -2.59. The Morgan fingerprint density at radius 3 is 2.24 bits per heavy atom. The Morgan fingerprint density at radius 2 is 1.64 bits per heavy atom. The van der Waals surface area contributed by atoms with E-state index in [1.54, 1.807) is 20.8 Å². The Kier molecular flexibility index (Phi) is 12.4. The van der Waals surface area contributed by atoms with E-state index in [1.165, 1.54) is 6.92 Å². The Hall–Kier alpha value is -1.19. The number of aliphatic hydroxyl groups excluding tert-OH is 2. The number of fused-ring (bicyclic) bond motifs is 6. The van der Waals surface area contributed by atoms with Crippen molar-refractivity contribution in [1.82, 2.24) is 5.32 Å². The first-order valence-corrected chi connectivity index (χ1v) is 18.7. The summed E-state index contributed by atoms with van der Waals surface area (Å²) in [6.07, 6.45) is -5.20. The number of rotatable bonds is 2. The van der Waals surface area contributed by atoms with Crippen LogP contribution in [0.25, 0.3) is 0 Å². The number of nitrogens with one attached hydrogen (secondary N) is 1. The predicted octanol–water partition coefficient (Wildman–Crippen LogP) is 2.93. The molecule has 4 aliphatic rings. The molecule has 0 aromatic carbocycles. The van der Waals surface area contributed by atoms with Gasteiger partial charge in [-0.15, -0.1) is 0 Å². The summed E-state index contributed by atoms with van der Waals surface area (Å²) in [4.78, 5) is 14.1. The lowest BCUT2D eigenvalue weighted by Crippen LogP contribution is -2.64. The third kappa shape index (κ3) is 7.86. The number of aliphatic hydroxyl groups is 4. The van der Waals surface area contributed by atoms with Crippen LogP contribution in [0.3, 0.4) is 0 Å². The van der Waals surface area contributed by atoms with E-state index >= 15 is 0 Å². The molecule has 6 bridgehead atoms. The average Bonchev–Trinajstić information content (AvgIpc) is 3.02. The molecule has 0 amide bonds. The van der Waals surface area contributed by atoms with Crippen molar-refractivity contribution in [3.63, 3.8) is 0 Å². The van der Waals surface area contributed by atoms with Gasteiger partial charge in [0, 0.05) is 18.4 Å². The van der Waals surface area contributed by atoms with Crippen LogP contribution in [-0.2, 0) is 28.5 Å². The van der Waals surface area contributed by atoms with Gasteiger partial charge in [0.25, 0.3) is 0 Å². The van der Waals surface area contributed by atoms with E-state index in [4.69, 9.17) is 28.8 Å². The maximum Gasteiger partial charge on any atom is 0.336 e. The Labute approximate surface area is 299 Å². The van der Waals surface area contributed by atoms with Gasteiger partial charge in [-0.05, 0) is 91.0 Å². The summed E-state index contributed by atoms with van der Waals surface area (Å²) in [6.45, 7) is 25.2. The van der Waals surface area contributed by atoms with Crippen molar-refractivity contribution in [1.29, 1.82) is 0 Å². The summed E-state index contributed by atoms with van der Waals surface area (Å²) in [7, 11) is 0. The zero-order valence-electron chi connectivity index (χ0n) is 32.3. The number of hydrogen-bond donors (Lipinski definition) is 5. The van der Waals surface area contributed by atoms with Gasteiger partial charge >= 0.3 is 5.97 Å². The zero-order valence-corrected chi connectivity index (χ0v) is 32.3. The van der Waals surface area contributed by atoms with Crippen LogP contribution in [0.1, 0.15) is 108 Å². The van der Waals surface area contributed by atoms with Crippen LogP contribution < -0.4 is 5.32 Å². The predicted molar refractivity (Wildman–Crippen MR) is 188 cm³/mol. The minimum Gasteiger partial charge on any atom is -0.456 e. The van der Waals surface area contributed by atoms with Crippen LogP contribution in [0.4, 0.5) is 0 Å². The number of cyclic esters (lactones) is 1. The molecule has 4 aliphatic heterocycles. The van der Waals surface area contributed by atoms with Crippen LogP contribution in [0.15, 0.2) is 12.2 Å². The third-order valence-corrected chi connectivity index (χ3v) is 13.0. The quantitative estimate of drug-likeness (QED) is 0.161. The molecule has 4 saturated heterocycles. The first-order chi connectivity index (χ1) is 23.0. The topological polar surface area (TPSA) is 179 Å². The molecule has 290 valence electrons. The van der Waals surface area contributed by atoms with Crippen LogP contribution in [-0.4, -0.2) is 116 Å². The van der Waals surface area contributed by atoms with Crippen molar-refractivity contribution in [2.24, 2.45) is 29.1 Å². The molecule has 0 radical (unpaired) electrons. The summed E-state index contributed by atoms with van der Waals surface area (Å²) in [5, 5.41) is 58.5. The minimum absolute atomic E-state index is 0.0680. The summed E-state index contributed by atoms with van der Waals surface area (Å²) in [6, 6.07) is -0.583. The molecule has 12 heteroatoms. The molecule has 3 unspecified atom stereocenters. The summed E-state index contributed by atoms with van der Waals surface area (Å²) < 4.78 is 33.1. The van der Waals surface area contributed by atoms with Gasteiger partial charge in [0.1, 0.15) is 30.5 Å². The minimum atomic E-state index is -1.81. The summed E-state index contributed by atoms with van der Waals surface area (Å²) in [5.41, 5.74) is -4.70. The highest BCUT2D eigenvalue weighted by molar-refractivity contribution is 5.89. The van der Waals surface area contributed by atoms with Gasteiger partial charge in [-0.3, -0.25) is 0 Å². The van der Waals surface area contributed by atoms with E-state index in [0.29, 0.717) is 25.8 Å². The van der Waals surface area contributed by atoms with Crippen molar-refractivity contribution in [2.75, 3.05) is 13.2 Å². The number of ether oxygens (including phenoxy) is 5. The van der Waals surface area contributed by atoms with E-state index < -0.39 is 82.7 Å². The Bertz CT molecular complexity index is 1210. The molecule has 0 spiro atoms. The Balaban J connectivity index is 1.92. The average molecular weight is 715 g/mol. The van der Waals surface area contributed by atoms with E-state index in [9.17, 15) is 25.2 Å². The standard InChI is InChI=1S/C38H67NO11/c1-13-28-38(12,45)30(42)23(5)39-17-20(2)16-35(9,44)31-21(3)29(22(4)32(43)46-28)49-37(11)19-34(8,26(18-40)24(6)48-37)25(7)36(10)15-14-27(41)33(47-31)50-36/h20-21,23-31,33,39-42,44-45H,4,13-19H2,1-3,5-12H3/p+1/t20-,21+,23-,24+,25?,26?,27-,28-,29+,30-,31-,33-,34+,35-,36?,37+,38-/m1/s1. The fourth-order valence-electron chi connectivity index (χ4n) is 9.86. The first kappa shape index (κ1) is 41.6. The molecule has 50 heavy (non-hydrogen) atoms.